The van der Waals surface area contributed by atoms with Crippen molar-refractivity contribution < 1.29 is 9.90 Å². The van der Waals surface area contributed by atoms with Crippen molar-refractivity contribution in [2.24, 2.45) is 11.3 Å². The minimum atomic E-state index is -0.407. The molecule has 0 unspecified atom stereocenters. The van der Waals surface area contributed by atoms with Crippen LogP contribution in [0.2, 0.25) is 0 Å². The zero-order valence-electron chi connectivity index (χ0n) is 11.8. The van der Waals surface area contributed by atoms with E-state index in [1.165, 1.54) is 5.56 Å². The predicted molar refractivity (Wildman–Crippen MR) is 76.0 cm³/mol. The smallest absolute Gasteiger partial charge is 0.231 e. The maximum atomic E-state index is 12.3. The van der Waals surface area contributed by atoms with E-state index in [2.05, 4.69) is 11.1 Å². The lowest BCUT2D eigenvalue weighted by Crippen LogP contribution is -2.43. The molecule has 2 fully saturated rings. The fraction of sp³-hybridized carbons (Fsp3) is 0.625. The number of aromatic nitrogens is 1. The first-order valence-electron chi connectivity index (χ1n) is 7.53. The fourth-order valence-corrected chi connectivity index (χ4v) is 3.12. The van der Waals surface area contributed by atoms with Gasteiger partial charge in [0.05, 0.1) is 12.0 Å². The van der Waals surface area contributed by atoms with Crippen LogP contribution < -0.4 is 0 Å². The minimum absolute atomic E-state index is 0.0153. The number of piperidine rings is 1. The lowest BCUT2D eigenvalue weighted by atomic mass is 9.90. The number of rotatable bonds is 4. The van der Waals surface area contributed by atoms with Crippen molar-refractivity contribution in [3.63, 3.8) is 0 Å². The van der Waals surface area contributed by atoms with E-state index in [-0.39, 0.29) is 12.5 Å². The number of likely N-dealkylation sites (tertiary alicyclic amines) is 1. The Kier molecular flexibility index (Phi) is 3.74. The molecule has 1 N–H and O–H groups in total. The minimum Gasteiger partial charge on any atom is -0.395 e. The van der Waals surface area contributed by atoms with Crippen LogP contribution in [-0.4, -0.2) is 40.6 Å². The Morgan fingerprint density at radius 2 is 2.15 bits per heavy atom. The molecule has 1 saturated carbocycles. The van der Waals surface area contributed by atoms with Crippen molar-refractivity contribution in [3.05, 3.63) is 30.1 Å². The Balaban J connectivity index is 1.51. The number of carbonyl (C=O) groups is 1. The van der Waals surface area contributed by atoms with Crippen LogP contribution in [0.3, 0.4) is 0 Å². The van der Waals surface area contributed by atoms with Crippen molar-refractivity contribution in [1.82, 2.24) is 9.88 Å². The molecule has 1 aliphatic carbocycles. The molecule has 1 saturated heterocycles. The highest BCUT2D eigenvalue weighted by Crippen LogP contribution is 2.47. The number of aliphatic hydroxyl groups excluding tert-OH is 1. The Morgan fingerprint density at radius 3 is 2.70 bits per heavy atom. The third-order valence-corrected chi connectivity index (χ3v) is 4.76. The average molecular weight is 274 g/mol. The number of carbonyl (C=O) groups excluding carboxylic acids is 1. The molecule has 4 nitrogen and oxygen atoms in total. The van der Waals surface area contributed by atoms with Gasteiger partial charge in [-0.25, -0.2) is 0 Å². The summed E-state index contributed by atoms with van der Waals surface area (Å²) in [6, 6.07) is 4.10. The summed E-state index contributed by atoms with van der Waals surface area (Å²) in [5.41, 5.74) is 0.877. The normalized spacial score (nSPS) is 21.8. The SMILES string of the molecule is O=C(N1CCC(Cc2cccnc2)CC1)C1(CO)CC1. The Labute approximate surface area is 119 Å². The molecule has 2 heterocycles. The quantitative estimate of drug-likeness (QED) is 0.908. The van der Waals surface area contributed by atoms with E-state index in [9.17, 15) is 9.90 Å². The molecular formula is C16H22N2O2. The van der Waals surface area contributed by atoms with Gasteiger partial charge in [-0.15, -0.1) is 0 Å². The highest BCUT2D eigenvalue weighted by atomic mass is 16.3. The Hall–Kier alpha value is -1.42. The number of hydrogen-bond donors (Lipinski definition) is 1. The highest BCUT2D eigenvalue weighted by Gasteiger charge is 2.51. The van der Waals surface area contributed by atoms with Crippen LogP contribution in [0.5, 0.6) is 0 Å². The summed E-state index contributed by atoms with van der Waals surface area (Å²) in [5.74, 6) is 0.826. The summed E-state index contributed by atoms with van der Waals surface area (Å²) in [7, 11) is 0. The van der Waals surface area contributed by atoms with Gasteiger partial charge in [-0.1, -0.05) is 6.07 Å². The summed E-state index contributed by atoms with van der Waals surface area (Å²) >= 11 is 0. The van der Waals surface area contributed by atoms with E-state index in [0.29, 0.717) is 5.92 Å². The molecule has 0 aromatic carbocycles. The lowest BCUT2D eigenvalue weighted by molar-refractivity contribution is -0.140. The second kappa shape index (κ2) is 5.52. The molecule has 1 aliphatic heterocycles. The zero-order valence-corrected chi connectivity index (χ0v) is 11.8. The predicted octanol–water partition coefficient (Wildman–Crippen LogP) is 1.64. The third kappa shape index (κ3) is 2.70. The van der Waals surface area contributed by atoms with Crippen LogP contribution in [0.1, 0.15) is 31.2 Å². The molecule has 3 rings (SSSR count). The molecule has 108 valence electrons. The van der Waals surface area contributed by atoms with E-state index in [0.717, 1.165) is 45.2 Å². The van der Waals surface area contributed by atoms with Crippen molar-refractivity contribution in [3.8, 4) is 0 Å². The van der Waals surface area contributed by atoms with Crippen molar-refractivity contribution in [2.75, 3.05) is 19.7 Å². The second-order valence-corrected chi connectivity index (χ2v) is 6.24. The number of nitrogens with zero attached hydrogens (tertiary/aromatic N) is 2. The first-order chi connectivity index (χ1) is 9.73. The van der Waals surface area contributed by atoms with Gasteiger partial charge < -0.3 is 10.0 Å². The van der Waals surface area contributed by atoms with Crippen molar-refractivity contribution >= 4 is 5.91 Å². The van der Waals surface area contributed by atoms with Crippen molar-refractivity contribution in [1.29, 1.82) is 0 Å². The van der Waals surface area contributed by atoms with Gasteiger partial charge in [-0.05, 0) is 49.7 Å². The Bertz CT molecular complexity index is 463. The first-order valence-corrected chi connectivity index (χ1v) is 7.53. The molecule has 1 aromatic rings. The monoisotopic (exact) mass is 274 g/mol. The number of aliphatic hydroxyl groups is 1. The van der Waals surface area contributed by atoms with Crippen LogP contribution in [0.4, 0.5) is 0 Å². The van der Waals surface area contributed by atoms with Crippen LogP contribution in [0.25, 0.3) is 0 Å². The van der Waals surface area contributed by atoms with E-state index >= 15 is 0 Å². The molecule has 0 bridgehead atoms. The van der Waals surface area contributed by atoms with Gasteiger partial charge in [0, 0.05) is 25.5 Å². The van der Waals surface area contributed by atoms with Gasteiger partial charge in [0.2, 0.25) is 5.91 Å². The highest BCUT2D eigenvalue weighted by molar-refractivity contribution is 5.85. The van der Waals surface area contributed by atoms with Crippen LogP contribution >= 0.6 is 0 Å². The molecule has 20 heavy (non-hydrogen) atoms. The molecule has 1 aromatic heterocycles. The molecular weight excluding hydrogens is 252 g/mol. The first kappa shape index (κ1) is 13.6. The third-order valence-electron chi connectivity index (χ3n) is 4.76. The van der Waals surface area contributed by atoms with Gasteiger partial charge in [0.15, 0.2) is 0 Å². The average Bonchev–Trinajstić information content (AvgIpc) is 3.30. The molecule has 0 atom stereocenters. The van der Waals surface area contributed by atoms with E-state index in [1.807, 2.05) is 17.2 Å². The van der Waals surface area contributed by atoms with Gasteiger partial charge in [0.1, 0.15) is 0 Å². The van der Waals surface area contributed by atoms with Gasteiger partial charge in [0.25, 0.3) is 0 Å². The summed E-state index contributed by atoms with van der Waals surface area (Å²) in [6.07, 6.45) is 8.62. The van der Waals surface area contributed by atoms with Gasteiger partial charge in [-0.2, -0.15) is 0 Å². The molecule has 2 aliphatic rings. The second-order valence-electron chi connectivity index (χ2n) is 6.24. The molecule has 0 radical (unpaired) electrons. The van der Waals surface area contributed by atoms with E-state index < -0.39 is 5.41 Å². The van der Waals surface area contributed by atoms with Crippen LogP contribution in [0, 0.1) is 11.3 Å². The van der Waals surface area contributed by atoms with Crippen molar-refractivity contribution in [2.45, 2.75) is 32.1 Å². The van der Waals surface area contributed by atoms with Gasteiger partial charge in [-0.3, -0.25) is 9.78 Å². The van der Waals surface area contributed by atoms with E-state index in [1.54, 1.807) is 6.20 Å². The lowest BCUT2D eigenvalue weighted by Gasteiger charge is -2.34. The molecule has 0 spiro atoms. The zero-order chi connectivity index (χ0) is 14.0. The van der Waals surface area contributed by atoms with Crippen LogP contribution in [0.15, 0.2) is 24.5 Å². The number of hydrogen-bond acceptors (Lipinski definition) is 3. The maximum Gasteiger partial charge on any atom is 0.231 e. The van der Waals surface area contributed by atoms with Gasteiger partial charge >= 0.3 is 0 Å². The summed E-state index contributed by atoms with van der Waals surface area (Å²) < 4.78 is 0. The number of pyridine rings is 1. The molecule has 4 heteroatoms. The standard InChI is InChI=1S/C16H22N2O2/c19-12-16(5-6-16)15(20)18-8-3-13(4-9-18)10-14-2-1-7-17-11-14/h1-2,7,11,13,19H,3-6,8-10,12H2. The Morgan fingerprint density at radius 1 is 1.40 bits per heavy atom. The molecule has 1 amide bonds. The maximum absolute atomic E-state index is 12.3. The number of amides is 1. The van der Waals surface area contributed by atoms with Crippen LogP contribution in [-0.2, 0) is 11.2 Å². The topological polar surface area (TPSA) is 53.4 Å². The summed E-state index contributed by atoms with van der Waals surface area (Å²) in [4.78, 5) is 18.4. The summed E-state index contributed by atoms with van der Waals surface area (Å²) in [5, 5.41) is 9.35. The fourth-order valence-electron chi connectivity index (χ4n) is 3.12. The summed E-state index contributed by atoms with van der Waals surface area (Å²) in [6.45, 7) is 1.69. The van der Waals surface area contributed by atoms with E-state index in [4.69, 9.17) is 0 Å². The largest absolute Gasteiger partial charge is 0.395 e.